The standard InChI is InChI=1S/CH3.3FH.Sn/h1H3;3*1H;. The van der Waals surface area contributed by atoms with Crippen molar-refractivity contribution in [2.45, 2.75) is 4.94 Å². The molecule has 4 heteroatoms. The van der Waals surface area contributed by atoms with Crippen LogP contribution in [0, 0.1) is 0 Å². The molecule has 0 heterocycles. The predicted molar refractivity (Wildman–Crippen MR) is 19.1 cm³/mol. The third kappa shape index (κ3) is 88.7. The fourth-order valence-corrected chi connectivity index (χ4v) is 0. The summed E-state index contributed by atoms with van der Waals surface area (Å²) in [4.78, 5) is 2.09. The molecule has 0 aliphatic rings. The molecule has 0 aliphatic carbocycles. The van der Waals surface area contributed by atoms with Gasteiger partial charge < -0.3 is 0 Å². The monoisotopic (exact) mass is 195 g/mol. The summed E-state index contributed by atoms with van der Waals surface area (Å²) in [6.07, 6.45) is 0. The maximum atomic E-state index is 2.09. The van der Waals surface area contributed by atoms with Crippen molar-refractivity contribution in [1.82, 2.24) is 0 Å². The Morgan fingerprint density at radius 2 is 0.800 bits per heavy atom. The normalized spacial score (nSPS) is 1.20. The van der Waals surface area contributed by atoms with Crippen molar-refractivity contribution >= 4 is 22.5 Å². The number of halogens is 3. The van der Waals surface area contributed by atoms with Crippen LogP contribution in [0.15, 0.2) is 0 Å². The SMILES string of the molecule is F.F.F.[CH3][Sn]. The molecule has 0 aromatic rings. The average molecular weight is 194 g/mol. The third-order valence-electron chi connectivity index (χ3n) is 0. The summed E-state index contributed by atoms with van der Waals surface area (Å²) in [6, 6.07) is 0. The van der Waals surface area contributed by atoms with E-state index in [0.717, 1.165) is 0 Å². The van der Waals surface area contributed by atoms with E-state index in [0.29, 0.717) is 0 Å². The summed E-state index contributed by atoms with van der Waals surface area (Å²) >= 11 is 1.55. The molecule has 0 fully saturated rings. The first-order valence-electron chi connectivity index (χ1n) is 0.500. The van der Waals surface area contributed by atoms with Gasteiger partial charge in [-0.15, -0.1) is 0 Å². The van der Waals surface area contributed by atoms with Gasteiger partial charge in [0.1, 0.15) is 0 Å². The molecular formula is CH6F3Sn. The molecule has 5 heavy (non-hydrogen) atoms. The van der Waals surface area contributed by atoms with Gasteiger partial charge in [0, 0.05) is 0 Å². The van der Waals surface area contributed by atoms with Crippen LogP contribution in [0.1, 0.15) is 0 Å². The van der Waals surface area contributed by atoms with Crippen molar-refractivity contribution in [2.75, 3.05) is 0 Å². The molecule has 0 aliphatic heterocycles. The van der Waals surface area contributed by atoms with E-state index in [4.69, 9.17) is 0 Å². The van der Waals surface area contributed by atoms with Crippen LogP contribution in [-0.4, -0.2) is 22.5 Å². The molecule has 0 aromatic carbocycles. The Bertz CT molecular complexity index is 6.85. The Hall–Kier alpha value is 0.589. The van der Waals surface area contributed by atoms with Gasteiger partial charge in [-0.1, -0.05) is 0 Å². The van der Waals surface area contributed by atoms with Gasteiger partial charge in [-0.05, 0) is 0 Å². The molecule has 0 N–H and O–H groups in total. The maximum absolute atomic E-state index is 2.09. The average Bonchev–Trinajstić information content (AvgIpc) is 1.00. The van der Waals surface area contributed by atoms with Gasteiger partial charge in [0.25, 0.3) is 0 Å². The molecule has 0 aromatic heterocycles. The first-order valence-corrected chi connectivity index (χ1v) is 3.35. The summed E-state index contributed by atoms with van der Waals surface area (Å²) < 4.78 is 0. The van der Waals surface area contributed by atoms with Gasteiger partial charge in [0.15, 0.2) is 0 Å². The van der Waals surface area contributed by atoms with E-state index in [1.54, 1.807) is 22.5 Å². The molecule has 0 atom stereocenters. The molecule has 0 unspecified atom stereocenters. The quantitative estimate of drug-likeness (QED) is 0.496. The van der Waals surface area contributed by atoms with Gasteiger partial charge in [-0.3, -0.25) is 14.1 Å². The Labute approximate surface area is 42.1 Å². The first kappa shape index (κ1) is 46.6. The van der Waals surface area contributed by atoms with E-state index in [-0.39, 0.29) is 14.1 Å². The second-order valence-corrected chi connectivity index (χ2v) is 0. The van der Waals surface area contributed by atoms with Crippen molar-refractivity contribution in [2.24, 2.45) is 0 Å². The van der Waals surface area contributed by atoms with E-state index < -0.39 is 0 Å². The van der Waals surface area contributed by atoms with Crippen LogP contribution in [0.2, 0.25) is 4.94 Å². The zero-order chi connectivity index (χ0) is 2.00. The van der Waals surface area contributed by atoms with Crippen LogP contribution in [0.4, 0.5) is 14.1 Å². The molecule has 3 radical (unpaired) electrons. The summed E-state index contributed by atoms with van der Waals surface area (Å²) in [5.74, 6) is 0. The number of rotatable bonds is 0. The van der Waals surface area contributed by atoms with Crippen LogP contribution in [0.3, 0.4) is 0 Å². The molecule has 0 bridgehead atoms. The van der Waals surface area contributed by atoms with E-state index in [1.807, 2.05) is 0 Å². The van der Waals surface area contributed by atoms with Gasteiger partial charge in [-0.2, -0.15) is 0 Å². The minimum atomic E-state index is 0. The van der Waals surface area contributed by atoms with Crippen molar-refractivity contribution in [1.29, 1.82) is 0 Å². The topological polar surface area (TPSA) is 0 Å². The molecule has 0 saturated carbocycles. The second-order valence-electron chi connectivity index (χ2n) is 0. The van der Waals surface area contributed by atoms with Gasteiger partial charge in [-0.25, -0.2) is 0 Å². The second kappa shape index (κ2) is 171. The van der Waals surface area contributed by atoms with Gasteiger partial charge >= 0.3 is 27.5 Å². The van der Waals surface area contributed by atoms with Crippen LogP contribution >= 0.6 is 0 Å². The van der Waals surface area contributed by atoms with Crippen LogP contribution in [0.5, 0.6) is 0 Å². The summed E-state index contributed by atoms with van der Waals surface area (Å²) in [5, 5.41) is 0. The molecule has 0 saturated heterocycles. The fraction of sp³-hybridized carbons (Fsp3) is 1.00. The molecular weight excluding hydrogens is 188 g/mol. The van der Waals surface area contributed by atoms with E-state index >= 15 is 0 Å². The summed E-state index contributed by atoms with van der Waals surface area (Å²) in [5.41, 5.74) is 0. The molecule has 0 amide bonds. The first-order chi connectivity index (χ1) is 1.00. The summed E-state index contributed by atoms with van der Waals surface area (Å²) in [6.45, 7) is 0. The van der Waals surface area contributed by atoms with Crippen molar-refractivity contribution in [3.05, 3.63) is 0 Å². The van der Waals surface area contributed by atoms with Crippen LogP contribution in [-0.2, 0) is 0 Å². The fourth-order valence-electron chi connectivity index (χ4n) is 0. The molecule has 0 spiro atoms. The van der Waals surface area contributed by atoms with E-state index in [2.05, 4.69) is 4.94 Å². The van der Waals surface area contributed by atoms with Gasteiger partial charge in [0.05, 0.1) is 0 Å². The molecule has 0 nitrogen and oxygen atoms in total. The molecule has 0 rings (SSSR count). The van der Waals surface area contributed by atoms with Crippen molar-refractivity contribution < 1.29 is 14.1 Å². The zero-order valence-electron chi connectivity index (χ0n) is 2.72. The van der Waals surface area contributed by atoms with Crippen molar-refractivity contribution in [3.63, 3.8) is 0 Å². The third-order valence-corrected chi connectivity index (χ3v) is 0. The Morgan fingerprint density at radius 1 is 0.800 bits per heavy atom. The Kier molecular flexibility index (Phi) is 1590. The predicted octanol–water partition coefficient (Wildman–Crippen LogP) is 0.660. The van der Waals surface area contributed by atoms with Gasteiger partial charge in [0.2, 0.25) is 0 Å². The van der Waals surface area contributed by atoms with E-state index in [1.165, 1.54) is 0 Å². The van der Waals surface area contributed by atoms with Crippen LogP contribution < -0.4 is 0 Å². The van der Waals surface area contributed by atoms with E-state index in [9.17, 15) is 0 Å². The Morgan fingerprint density at radius 3 is 0.800 bits per heavy atom. The van der Waals surface area contributed by atoms with Crippen LogP contribution in [0.25, 0.3) is 0 Å². The number of hydrogen-bond donors (Lipinski definition) is 0. The molecule has 35 valence electrons. The number of hydrogen-bond acceptors (Lipinski definition) is 0. The minimum absolute atomic E-state index is 0. The summed E-state index contributed by atoms with van der Waals surface area (Å²) in [7, 11) is 0. The zero-order valence-corrected chi connectivity index (χ0v) is 5.58. The van der Waals surface area contributed by atoms with Crippen molar-refractivity contribution in [3.8, 4) is 0 Å². The Balaban J connectivity index is -0.00000000167.